The molecule has 1 unspecified atom stereocenters. The number of carbonyl (C=O) groups excluding carboxylic acids is 3. The van der Waals surface area contributed by atoms with Crippen molar-refractivity contribution in [3.05, 3.63) is 23.8 Å². The third-order valence-corrected chi connectivity index (χ3v) is 3.62. The molecule has 156 valence electrons. The average molecular weight is 395 g/mol. The van der Waals surface area contributed by atoms with Gasteiger partial charge in [0.15, 0.2) is 18.1 Å². The fraction of sp³-hybridized carbons (Fsp3) is 0.550. The summed E-state index contributed by atoms with van der Waals surface area (Å²) in [6.07, 6.45) is 0.366. The number of ether oxygens (including phenoxy) is 4. The van der Waals surface area contributed by atoms with Gasteiger partial charge in [0.25, 0.3) is 5.91 Å². The van der Waals surface area contributed by atoms with Crippen molar-refractivity contribution in [3.63, 3.8) is 0 Å². The summed E-state index contributed by atoms with van der Waals surface area (Å²) >= 11 is 0. The standard InChI is InChI=1S/C20H29NO7/c1-12(2)9-15(20(24)26-6)21-18(22)11-27-19(23)14-7-8-16(28-13(3)4)17(10-14)25-5/h7-8,10,12-13,15H,9,11H2,1-6H3,(H,21,22). The number of benzene rings is 1. The second-order valence-corrected chi connectivity index (χ2v) is 6.88. The van der Waals surface area contributed by atoms with Crippen molar-refractivity contribution in [2.75, 3.05) is 20.8 Å². The van der Waals surface area contributed by atoms with Gasteiger partial charge >= 0.3 is 11.9 Å². The van der Waals surface area contributed by atoms with E-state index in [1.54, 1.807) is 6.07 Å². The molecule has 0 aliphatic heterocycles. The molecule has 1 atom stereocenters. The van der Waals surface area contributed by atoms with E-state index >= 15 is 0 Å². The quantitative estimate of drug-likeness (QED) is 0.607. The molecule has 0 saturated heterocycles. The molecule has 0 radical (unpaired) electrons. The van der Waals surface area contributed by atoms with Crippen LogP contribution in [0.1, 0.15) is 44.5 Å². The molecule has 0 saturated carbocycles. The number of methoxy groups -OCH3 is 2. The predicted molar refractivity (Wildman–Crippen MR) is 102 cm³/mol. The van der Waals surface area contributed by atoms with E-state index in [9.17, 15) is 14.4 Å². The smallest absolute Gasteiger partial charge is 0.338 e. The summed E-state index contributed by atoms with van der Waals surface area (Å²) in [6, 6.07) is 3.82. The number of carbonyl (C=O) groups is 3. The molecule has 1 rings (SSSR count). The van der Waals surface area contributed by atoms with E-state index in [0.717, 1.165) is 0 Å². The van der Waals surface area contributed by atoms with Crippen LogP contribution in [0.2, 0.25) is 0 Å². The summed E-state index contributed by atoms with van der Waals surface area (Å²) in [7, 11) is 2.72. The summed E-state index contributed by atoms with van der Waals surface area (Å²) in [5.41, 5.74) is 0.215. The van der Waals surface area contributed by atoms with Crippen LogP contribution in [0, 0.1) is 5.92 Å². The van der Waals surface area contributed by atoms with Crippen LogP contribution >= 0.6 is 0 Å². The predicted octanol–water partition coefficient (Wildman–Crippen LogP) is 2.34. The first-order chi connectivity index (χ1) is 13.2. The van der Waals surface area contributed by atoms with Crippen LogP contribution in [0.4, 0.5) is 0 Å². The Morgan fingerprint density at radius 3 is 2.25 bits per heavy atom. The van der Waals surface area contributed by atoms with Gasteiger partial charge in [0.05, 0.1) is 25.9 Å². The minimum absolute atomic E-state index is 0.0519. The minimum Gasteiger partial charge on any atom is -0.493 e. The Morgan fingerprint density at radius 1 is 1.04 bits per heavy atom. The number of nitrogens with one attached hydrogen (secondary N) is 1. The normalized spacial score (nSPS) is 11.7. The Hall–Kier alpha value is -2.77. The molecule has 0 aromatic heterocycles. The number of hydrogen-bond donors (Lipinski definition) is 1. The molecule has 8 nitrogen and oxygen atoms in total. The molecule has 0 spiro atoms. The van der Waals surface area contributed by atoms with Gasteiger partial charge in [-0.25, -0.2) is 9.59 Å². The highest BCUT2D eigenvalue weighted by Crippen LogP contribution is 2.29. The van der Waals surface area contributed by atoms with Gasteiger partial charge in [0, 0.05) is 0 Å². The van der Waals surface area contributed by atoms with Gasteiger partial charge in [-0.2, -0.15) is 0 Å². The molecule has 1 aromatic rings. The van der Waals surface area contributed by atoms with Crippen molar-refractivity contribution in [3.8, 4) is 11.5 Å². The molecule has 0 heterocycles. The molecule has 0 fully saturated rings. The Bertz CT molecular complexity index is 685. The molecule has 0 bridgehead atoms. The summed E-state index contributed by atoms with van der Waals surface area (Å²) in [5.74, 6) is -0.763. The summed E-state index contributed by atoms with van der Waals surface area (Å²) in [6.45, 7) is 7.07. The Morgan fingerprint density at radius 2 is 1.71 bits per heavy atom. The lowest BCUT2D eigenvalue weighted by molar-refractivity contribution is -0.145. The number of hydrogen-bond acceptors (Lipinski definition) is 7. The molecule has 1 N–H and O–H groups in total. The first-order valence-corrected chi connectivity index (χ1v) is 9.06. The number of amides is 1. The molecular weight excluding hydrogens is 366 g/mol. The Labute approximate surface area is 165 Å². The topological polar surface area (TPSA) is 100 Å². The molecule has 0 aliphatic rings. The van der Waals surface area contributed by atoms with Crippen molar-refractivity contribution >= 4 is 17.8 Å². The largest absolute Gasteiger partial charge is 0.493 e. The van der Waals surface area contributed by atoms with Gasteiger partial charge in [0.1, 0.15) is 6.04 Å². The van der Waals surface area contributed by atoms with Crippen molar-refractivity contribution in [2.24, 2.45) is 5.92 Å². The number of esters is 2. The first kappa shape index (κ1) is 23.3. The highest BCUT2D eigenvalue weighted by atomic mass is 16.5. The molecular formula is C20H29NO7. The van der Waals surface area contributed by atoms with Crippen molar-refractivity contribution in [2.45, 2.75) is 46.3 Å². The monoisotopic (exact) mass is 395 g/mol. The summed E-state index contributed by atoms with van der Waals surface area (Å²) in [5, 5.41) is 2.52. The van der Waals surface area contributed by atoms with Crippen LogP contribution in [-0.2, 0) is 19.1 Å². The van der Waals surface area contributed by atoms with E-state index in [1.165, 1.54) is 26.4 Å². The fourth-order valence-corrected chi connectivity index (χ4v) is 2.42. The number of rotatable bonds is 10. The molecule has 1 aromatic carbocycles. The van der Waals surface area contributed by atoms with Gasteiger partial charge < -0.3 is 24.3 Å². The summed E-state index contributed by atoms with van der Waals surface area (Å²) in [4.78, 5) is 36.0. The molecule has 0 aliphatic carbocycles. The zero-order valence-electron chi connectivity index (χ0n) is 17.2. The van der Waals surface area contributed by atoms with Crippen LogP contribution in [0.3, 0.4) is 0 Å². The fourth-order valence-electron chi connectivity index (χ4n) is 2.42. The van der Waals surface area contributed by atoms with Crippen molar-refractivity contribution < 1.29 is 33.3 Å². The second kappa shape index (κ2) is 11.2. The van der Waals surface area contributed by atoms with E-state index in [0.29, 0.717) is 17.9 Å². The van der Waals surface area contributed by atoms with E-state index in [4.69, 9.17) is 14.2 Å². The zero-order chi connectivity index (χ0) is 21.3. The SMILES string of the molecule is COC(=O)C(CC(C)C)NC(=O)COC(=O)c1ccc(OC(C)C)c(OC)c1. The lowest BCUT2D eigenvalue weighted by atomic mass is 10.0. The van der Waals surface area contributed by atoms with E-state index < -0.39 is 30.5 Å². The lowest BCUT2D eigenvalue weighted by Gasteiger charge is -2.18. The third kappa shape index (κ3) is 7.46. The highest BCUT2D eigenvalue weighted by molar-refractivity contribution is 5.92. The minimum atomic E-state index is -0.788. The van der Waals surface area contributed by atoms with Crippen LogP contribution < -0.4 is 14.8 Å². The van der Waals surface area contributed by atoms with Gasteiger partial charge in [-0.3, -0.25) is 4.79 Å². The van der Waals surface area contributed by atoms with Gasteiger partial charge in [0.2, 0.25) is 0 Å². The third-order valence-electron chi connectivity index (χ3n) is 3.62. The molecule has 8 heteroatoms. The Kier molecular flexibility index (Phi) is 9.27. The van der Waals surface area contributed by atoms with Gasteiger partial charge in [-0.1, -0.05) is 13.8 Å². The second-order valence-electron chi connectivity index (χ2n) is 6.88. The van der Waals surface area contributed by atoms with Crippen molar-refractivity contribution in [1.29, 1.82) is 0 Å². The van der Waals surface area contributed by atoms with Crippen LogP contribution in [-0.4, -0.2) is 50.8 Å². The summed E-state index contributed by atoms with van der Waals surface area (Å²) < 4.78 is 20.5. The molecule has 1 amide bonds. The van der Waals surface area contributed by atoms with Crippen LogP contribution in [0.25, 0.3) is 0 Å². The van der Waals surface area contributed by atoms with E-state index in [2.05, 4.69) is 10.1 Å². The van der Waals surface area contributed by atoms with E-state index in [-0.39, 0.29) is 17.6 Å². The Balaban J connectivity index is 2.70. The highest BCUT2D eigenvalue weighted by Gasteiger charge is 2.23. The van der Waals surface area contributed by atoms with Gasteiger partial charge in [-0.15, -0.1) is 0 Å². The first-order valence-electron chi connectivity index (χ1n) is 9.06. The maximum absolute atomic E-state index is 12.2. The molecule has 28 heavy (non-hydrogen) atoms. The maximum Gasteiger partial charge on any atom is 0.338 e. The van der Waals surface area contributed by atoms with Gasteiger partial charge in [-0.05, 0) is 44.4 Å². The maximum atomic E-state index is 12.2. The average Bonchev–Trinajstić information content (AvgIpc) is 2.64. The van der Waals surface area contributed by atoms with Crippen molar-refractivity contribution in [1.82, 2.24) is 5.32 Å². The van der Waals surface area contributed by atoms with Crippen LogP contribution in [0.15, 0.2) is 18.2 Å². The van der Waals surface area contributed by atoms with E-state index in [1.807, 2.05) is 27.7 Å². The van der Waals surface area contributed by atoms with Crippen LogP contribution in [0.5, 0.6) is 11.5 Å². The lowest BCUT2D eigenvalue weighted by Crippen LogP contribution is -2.44. The zero-order valence-corrected chi connectivity index (χ0v) is 17.2.